The number of piperidine rings is 1. The quantitative estimate of drug-likeness (QED) is 0.759. The Labute approximate surface area is 144 Å². The molecule has 1 saturated heterocycles. The van der Waals surface area contributed by atoms with Gasteiger partial charge in [-0.1, -0.05) is 0 Å². The molecular formula is C18H19N5O2. The van der Waals surface area contributed by atoms with Crippen LogP contribution in [0.15, 0.2) is 41.6 Å². The van der Waals surface area contributed by atoms with Crippen LogP contribution in [-0.4, -0.2) is 44.1 Å². The molecule has 25 heavy (non-hydrogen) atoms. The highest BCUT2D eigenvalue weighted by molar-refractivity contribution is 5.80. The molecule has 128 valence electrons. The van der Waals surface area contributed by atoms with Crippen molar-refractivity contribution < 1.29 is 4.79 Å². The fourth-order valence-corrected chi connectivity index (χ4v) is 3.48. The molecule has 7 nitrogen and oxygen atoms in total. The number of nitrogens with zero attached hydrogens (tertiary/aromatic N) is 3. The Balaban J connectivity index is 1.52. The van der Waals surface area contributed by atoms with E-state index in [9.17, 15) is 9.59 Å². The fraction of sp³-hybridized carbons (Fsp3) is 0.333. The zero-order valence-electron chi connectivity index (χ0n) is 13.7. The molecule has 1 fully saturated rings. The number of fused-ring (bicyclic) bond motifs is 1. The molecule has 3 aromatic heterocycles. The van der Waals surface area contributed by atoms with Gasteiger partial charge in [0.05, 0.1) is 6.42 Å². The zero-order chi connectivity index (χ0) is 17.2. The number of hydrogen-bond donors (Lipinski definition) is 2. The average Bonchev–Trinajstić information content (AvgIpc) is 3.08. The van der Waals surface area contributed by atoms with Gasteiger partial charge in [-0.15, -0.1) is 0 Å². The predicted molar refractivity (Wildman–Crippen MR) is 93.2 cm³/mol. The molecule has 0 radical (unpaired) electrons. The molecule has 4 heterocycles. The molecule has 0 bridgehead atoms. The van der Waals surface area contributed by atoms with Gasteiger partial charge in [0, 0.05) is 60.3 Å². The molecule has 1 amide bonds. The number of pyridine rings is 2. The van der Waals surface area contributed by atoms with Crippen molar-refractivity contribution in [1.82, 2.24) is 25.1 Å². The van der Waals surface area contributed by atoms with E-state index in [4.69, 9.17) is 0 Å². The minimum absolute atomic E-state index is 0.0108. The molecule has 0 spiro atoms. The molecule has 0 aromatic carbocycles. The Bertz CT molecular complexity index is 961. The number of rotatable bonds is 3. The molecule has 7 heteroatoms. The van der Waals surface area contributed by atoms with E-state index in [2.05, 4.69) is 20.2 Å². The van der Waals surface area contributed by atoms with Crippen molar-refractivity contribution in [3.05, 3.63) is 58.3 Å². The molecule has 1 aliphatic rings. The highest BCUT2D eigenvalue weighted by Gasteiger charge is 2.27. The molecule has 4 rings (SSSR count). The average molecular weight is 337 g/mol. The first-order valence-corrected chi connectivity index (χ1v) is 8.45. The Morgan fingerprint density at radius 2 is 2.28 bits per heavy atom. The highest BCUT2D eigenvalue weighted by Crippen LogP contribution is 2.30. The number of hydrogen-bond acceptors (Lipinski definition) is 4. The van der Waals surface area contributed by atoms with Crippen molar-refractivity contribution >= 4 is 16.9 Å². The van der Waals surface area contributed by atoms with Crippen LogP contribution in [0, 0.1) is 0 Å². The number of aromatic amines is 2. The SMILES string of the molecule is O=C(Cc1c[nH]ccc1=O)N1CCCC(c2[nH]nc3ncccc23)C1. The maximum absolute atomic E-state index is 12.6. The first kappa shape index (κ1) is 15.6. The summed E-state index contributed by atoms with van der Waals surface area (Å²) in [5.41, 5.74) is 2.15. The van der Waals surface area contributed by atoms with Crippen LogP contribution < -0.4 is 5.43 Å². The van der Waals surface area contributed by atoms with Gasteiger partial charge in [0.2, 0.25) is 5.91 Å². The summed E-state index contributed by atoms with van der Waals surface area (Å²) in [4.78, 5) is 33.4. The first-order chi connectivity index (χ1) is 12.2. The zero-order valence-corrected chi connectivity index (χ0v) is 13.7. The van der Waals surface area contributed by atoms with Crippen LogP contribution in [0.3, 0.4) is 0 Å². The largest absolute Gasteiger partial charge is 0.367 e. The van der Waals surface area contributed by atoms with E-state index in [1.807, 2.05) is 17.0 Å². The molecule has 1 aliphatic heterocycles. The van der Waals surface area contributed by atoms with Crippen LogP contribution in [0.4, 0.5) is 0 Å². The monoisotopic (exact) mass is 337 g/mol. The Hall–Kier alpha value is -2.96. The van der Waals surface area contributed by atoms with Gasteiger partial charge < -0.3 is 9.88 Å². The fourth-order valence-electron chi connectivity index (χ4n) is 3.48. The number of carbonyl (C=O) groups excluding carboxylic acids is 1. The van der Waals surface area contributed by atoms with Crippen LogP contribution in [0.25, 0.3) is 11.0 Å². The Kier molecular flexibility index (Phi) is 4.05. The van der Waals surface area contributed by atoms with Gasteiger partial charge >= 0.3 is 0 Å². The maximum Gasteiger partial charge on any atom is 0.227 e. The van der Waals surface area contributed by atoms with Crippen LogP contribution in [-0.2, 0) is 11.2 Å². The van der Waals surface area contributed by atoms with Gasteiger partial charge in [-0.3, -0.25) is 14.7 Å². The van der Waals surface area contributed by atoms with Gasteiger partial charge in [-0.05, 0) is 25.0 Å². The Morgan fingerprint density at radius 3 is 3.16 bits per heavy atom. The van der Waals surface area contributed by atoms with Gasteiger partial charge in [-0.2, -0.15) is 5.10 Å². The molecule has 1 atom stereocenters. The van der Waals surface area contributed by atoms with E-state index < -0.39 is 0 Å². The summed E-state index contributed by atoms with van der Waals surface area (Å²) >= 11 is 0. The third-order valence-corrected chi connectivity index (χ3v) is 4.79. The van der Waals surface area contributed by atoms with E-state index in [0.717, 1.165) is 30.5 Å². The molecule has 2 N–H and O–H groups in total. The second-order valence-corrected chi connectivity index (χ2v) is 6.40. The standard InChI is InChI=1S/C18H19N5O2/c24-15-5-7-19-10-13(15)9-16(25)23-8-2-3-12(11-23)17-14-4-1-6-20-18(14)22-21-17/h1,4-7,10,12H,2-3,8-9,11H2,(H,19,24)(H,20,21,22). The van der Waals surface area contributed by atoms with Crippen molar-refractivity contribution in [1.29, 1.82) is 0 Å². The van der Waals surface area contributed by atoms with Crippen molar-refractivity contribution in [2.75, 3.05) is 13.1 Å². The molecule has 0 aliphatic carbocycles. The van der Waals surface area contributed by atoms with Gasteiger partial charge in [0.25, 0.3) is 0 Å². The van der Waals surface area contributed by atoms with E-state index in [0.29, 0.717) is 17.8 Å². The number of carbonyl (C=O) groups is 1. The summed E-state index contributed by atoms with van der Waals surface area (Å²) in [7, 11) is 0. The topological polar surface area (TPSA) is 94.7 Å². The first-order valence-electron chi connectivity index (χ1n) is 8.45. The molecule has 1 unspecified atom stereocenters. The Morgan fingerprint density at radius 1 is 1.36 bits per heavy atom. The van der Waals surface area contributed by atoms with Crippen LogP contribution in [0.5, 0.6) is 0 Å². The molecule has 3 aromatic rings. The number of likely N-dealkylation sites (tertiary alicyclic amines) is 1. The summed E-state index contributed by atoms with van der Waals surface area (Å²) in [6, 6.07) is 5.35. The van der Waals surface area contributed by atoms with Crippen molar-refractivity contribution in [2.45, 2.75) is 25.2 Å². The smallest absolute Gasteiger partial charge is 0.227 e. The number of nitrogens with one attached hydrogen (secondary N) is 2. The lowest BCUT2D eigenvalue weighted by Gasteiger charge is -2.32. The lowest BCUT2D eigenvalue weighted by atomic mass is 9.93. The maximum atomic E-state index is 12.6. The van der Waals surface area contributed by atoms with Crippen LogP contribution >= 0.6 is 0 Å². The van der Waals surface area contributed by atoms with E-state index in [-0.39, 0.29) is 23.7 Å². The van der Waals surface area contributed by atoms with Crippen molar-refractivity contribution in [3.63, 3.8) is 0 Å². The third kappa shape index (κ3) is 3.05. The summed E-state index contributed by atoms with van der Waals surface area (Å²) in [6.45, 7) is 1.36. The molecular weight excluding hydrogens is 318 g/mol. The summed E-state index contributed by atoms with van der Waals surface area (Å²) in [6.07, 6.45) is 6.97. The predicted octanol–water partition coefficient (Wildman–Crippen LogP) is 1.59. The summed E-state index contributed by atoms with van der Waals surface area (Å²) in [5, 5.41) is 8.37. The van der Waals surface area contributed by atoms with E-state index in [1.165, 1.54) is 6.07 Å². The number of H-pyrrole nitrogens is 2. The summed E-state index contributed by atoms with van der Waals surface area (Å²) in [5.74, 6) is 0.198. The normalized spacial score (nSPS) is 17.8. The highest BCUT2D eigenvalue weighted by atomic mass is 16.2. The van der Waals surface area contributed by atoms with Gasteiger partial charge in [0.15, 0.2) is 11.1 Å². The summed E-state index contributed by atoms with van der Waals surface area (Å²) < 4.78 is 0. The molecule has 0 saturated carbocycles. The minimum Gasteiger partial charge on any atom is -0.367 e. The third-order valence-electron chi connectivity index (χ3n) is 4.79. The van der Waals surface area contributed by atoms with Crippen molar-refractivity contribution in [3.8, 4) is 0 Å². The second kappa shape index (κ2) is 6.51. The van der Waals surface area contributed by atoms with Crippen molar-refractivity contribution in [2.24, 2.45) is 0 Å². The van der Waals surface area contributed by atoms with E-state index in [1.54, 1.807) is 18.6 Å². The lowest BCUT2D eigenvalue weighted by molar-refractivity contribution is -0.131. The van der Waals surface area contributed by atoms with E-state index >= 15 is 0 Å². The lowest BCUT2D eigenvalue weighted by Crippen LogP contribution is -2.40. The van der Waals surface area contributed by atoms with Gasteiger partial charge in [0.1, 0.15) is 0 Å². The second-order valence-electron chi connectivity index (χ2n) is 6.40. The van der Waals surface area contributed by atoms with Crippen LogP contribution in [0.2, 0.25) is 0 Å². The van der Waals surface area contributed by atoms with Gasteiger partial charge in [-0.25, -0.2) is 4.98 Å². The van der Waals surface area contributed by atoms with Crippen LogP contribution in [0.1, 0.15) is 30.0 Å². The minimum atomic E-state index is -0.105. The number of amides is 1. The number of aromatic nitrogens is 4.